The predicted octanol–water partition coefficient (Wildman–Crippen LogP) is 4.73. The van der Waals surface area contributed by atoms with Gasteiger partial charge in [0.1, 0.15) is 10.6 Å². The van der Waals surface area contributed by atoms with Crippen molar-refractivity contribution in [1.29, 1.82) is 0 Å². The third kappa shape index (κ3) is 4.77. The van der Waals surface area contributed by atoms with Crippen LogP contribution in [-0.2, 0) is 0 Å². The summed E-state index contributed by atoms with van der Waals surface area (Å²) in [7, 11) is 1.59. The standard InChI is InChI=1S/C24H25N3O3S/c1-16-21(22(28)26-19-11-6-12-20(14-19)30-2)31-23(25-16)18-10-7-13-27(15-18)24(29)17-8-4-3-5-9-17/h3-6,8-9,11-12,14,18H,7,10,13,15H2,1-2H3,(H,26,28). The Kier molecular flexibility index (Phi) is 6.32. The summed E-state index contributed by atoms with van der Waals surface area (Å²) >= 11 is 1.42. The molecular weight excluding hydrogens is 410 g/mol. The van der Waals surface area contributed by atoms with Crippen molar-refractivity contribution in [2.24, 2.45) is 0 Å². The van der Waals surface area contributed by atoms with Crippen molar-refractivity contribution in [2.75, 3.05) is 25.5 Å². The molecule has 1 fully saturated rings. The van der Waals surface area contributed by atoms with Crippen molar-refractivity contribution in [3.63, 3.8) is 0 Å². The number of carbonyl (C=O) groups excluding carboxylic acids is 2. The number of carbonyl (C=O) groups is 2. The van der Waals surface area contributed by atoms with E-state index in [1.54, 1.807) is 13.2 Å². The Morgan fingerprint density at radius 2 is 1.97 bits per heavy atom. The zero-order valence-electron chi connectivity index (χ0n) is 17.6. The molecule has 1 atom stereocenters. The monoisotopic (exact) mass is 435 g/mol. The highest BCUT2D eigenvalue weighted by Crippen LogP contribution is 2.32. The summed E-state index contributed by atoms with van der Waals surface area (Å²) in [6.07, 6.45) is 1.88. The fraction of sp³-hybridized carbons (Fsp3) is 0.292. The largest absolute Gasteiger partial charge is 0.497 e. The van der Waals surface area contributed by atoms with E-state index in [0.29, 0.717) is 34.1 Å². The Morgan fingerprint density at radius 1 is 1.16 bits per heavy atom. The van der Waals surface area contributed by atoms with Crippen LogP contribution in [0.5, 0.6) is 5.75 Å². The third-order valence-electron chi connectivity index (χ3n) is 5.43. The van der Waals surface area contributed by atoms with E-state index in [1.165, 1.54) is 11.3 Å². The van der Waals surface area contributed by atoms with Crippen molar-refractivity contribution in [3.8, 4) is 5.75 Å². The number of rotatable bonds is 5. The van der Waals surface area contributed by atoms with Crippen molar-refractivity contribution >= 4 is 28.8 Å². The molecule has 0 aliphatic carbocycles. The van der Waals surface area contributed by atoms with Crippen LogP contribution in [0.2, 0.25) is 0 Å². The van der Waals surface area contributed by atoms with Crippen LogP contribution in [0, 0.1) is 6.92 Å². The second kappa shape index (κ2) is 9.31. The molecule has 1 aliphatic heterocycles. The molecule has 31 heavy (non-hydrogen) atoms. The maximum absolute atomic E-state index is 12.8. The van der Waals surface area contributed by atoms with Gasteiger partial charge < -0.3 is 15.0 Å². The molecule has 2 aromatic carbocycles. The van der Waals surface area contributed by atoms with Gasteiger partial charge in [-0.3, -0.25) is 9.59 Å². The number of piperidine rings is 1. The van der Waals surface area contributed by atoms with Gasteiger partial charge in [-0.15, -0.1) is 11.3 Å². The van der Waals surface area contributed by atoms with Crippen molar-refractivity contribution in [2.45, 2.75) is 25.7 Å². The van der Waals surface area contributed by atoms with Gasteiger partial charge in [-0.05, 0) is 44.0 Å². The predicted molar refractivity (Wildman–Crippen MR) is 122 cm³/mol. The molecule has 0 radical (unpaired) electrons. The minimum Gasteiger partial charge on any atom is -0.497 e. The zero-order chi connectivity index (χ0) is 21.8. The highest BCUT2D eigenvalue weighted by atomic mass is 32.1. The van der Waals surface area contributed by atoms with E-state index < -0.39 is 0 Å². The van der Waals surface area contributed by atoms with Crippen LogP contribution in [0.25, 0.3) is 0 Å². The summed E-state index contributed by atoms with van der Waals surface area (Å²) in [6.45, 7) is 3.23. The van der Waals surface area contributed by atoms with Gasteiger partial charge in [0, 0.05) is 36.3 Å². The Morgan fingerprint density at radius 3 is 2.74 bits per heavy atom. The molecule has 2 amide bonds. The van der Waals surface area contributed by atoms with Crippen LogP contribution in [0.15, 0.2) is 54.6 Å². The van der Waals surface area contributed by atoms with Crippen LogP contribution >= 0.6 is 11.3 Å². The number of thiazole rings is 1. The number of ether oxygens (including phenoxy) is 1. The molecule has 0 saturated carbocycles. The molecule has 4 rings (SSSR count). The highest BCUT2D eigenvalue weighted by Gasteiger charge is 2.28. The van der Waals surface area contributed by atoms with Crippen LogP contribution < -0.4 is 10.1 Å². The minimum absolute atomic E-state index is 0.0505. The lowest BCUT2D eigenvalue weighted by atomic mass is 9.98. The van der Waals surface area contributed by atoms with Crippen LogP contribution in [-0.4, -0.2) is 41.9 Å². The van der Waals surface area contributed by atoms with Crippen LogP contribution in [0.4, 0.5) is 5.69 Å². The summed E-state index contributed by atoms with van der Waals surface area (Å²) in [5, 5.41) is 3.84. The van der Waals surface area contributed by atoms with E-state index in [9.17, 15) is 9.59 Å². The normalized spacial score (nSPS) is 16.1. The van der Waals surface area contributed by atoms with E-state index >= 15 is 0 Å². The number of nitrogens with one attached hydrogen (secondary N) is 1. The van der Waals surface area contributed by atoms with E-state index in [2.05, 4.69) is 5.32 Å². The second-order valence-corrected chi connectivity index (χ2v) is 8.64. The molecule has 6 nitrogen and oxygen atoms in total. The molecule has 160 valence electrons. The Labute approximate surface area is 185 Å². The fourth-order valence-electron chi connectivity index (χ4n) is 3.82. The number of hydrogen-bond donors (Lipinski definition) is 1. The van der Waals surface area contributed by atoms with Gasteiger partial charge in [0.05, 0.1) is 17.8 Å². The number of amides is 2. The number of aryl methyl sites for hydroxylation is 1. The average molecular weight is 436 g/mol. The first-order chi connectivity index (χ1) is 15.0. The maximum Gasteiger partial charge on any atom is 0.267 e. The molecule has 7 heteroatoms. The first kappa shape index (κ1) is 21.1. The number of likely N-dealkylation sites (tertiary alicyclic amines) is 1. The topological polar surface area (TPSA) is 71.5 Å². The lowest BCUT2D eigenvalue weighted by Crippen LogP contribution is -2.39. The molecule has 3 aromatic rings. The summed E-state index contributed by atoms with van der Waals surface area (Å²) in [5.74, 6) is 0.700. The van der Waals surface area contributed by atoms with E-state index in [4.69, 9.17) is 9.72 Å². The zero-order valence-corrected chi connectivity index (χ0v) is 18.4. The first-order valence-corrected chi connectivity index (χ1v) is 11.1. The SMILES string of the molecule is COc1cccc(NC(=O)c2sc(C3CCCN(C(=O)c4ccccc4)C3)nc2C)c1. The van der Waals surface area contributed by atoms with Gasteiger partial charge in [0.15, 0.2) is 0 Å². The number of benzene rings is 2. The van der Waals surface area contributed by atoms with E-state index in [0.717, 1.165) is 24.4 Å². The van der Waals surface area contributed by atoms with Crippen molar-refractivity contribution in [3.05, 3.63) is 75.7 Å². The lowest BCUT2D eigenvalue weighted by Gasteiger charge is -2.32. The minimum atomic E-state index is -0.178. The molecule has 1 N–H and O–H groups in total. The summed E-state index contributed by atoms with van der Waals surface area (Å²) in [5.41, 5.74) is 2.10. The molecule has 1 aliphatic rings. The number of anilines is 1. The van der Waals surface area contributed by atoms with Gasteiger partial charge in [0.2, 0.25) is 0 Å². The van der Waals surface area contributed by atoms with E-state index in [1.807, 2.05) is 60.4 Å². The van der Waals surface area contributed by atoms with Crippen molar-refractivity contribution in [1.82, 2.24) is 9.88 Å². The maximum atomic E-state index is 12.8. The summed E-state index contributed by atoms with van der Waals surface area (Å²) < 4.78 is 5.22. The molecule has 0 bridgehead atoms. The van der Waals surface area contributed by atoms with Gasteiger partial charge in [-0.1, -0.05) is 24.3 Å². The molecule has 1 saturated heterocycles. The summed E-state index contributed by atoms with van der Waals surface area (Å²) in [4.78, 5) is 32.9. The smallest absolute Gasteiger partial charge is 0.267 e. The Balaban J connectivity index is 1.47. The van der Waals surface area contributed by atoms with Crippen molar-refractivity contribution < 1.29 is 14.3 Å². The Hall–Kier alpha value is -3.19. The van der Waals surface area contributed by atoms with Gasteiger partial charge in [0.25, 0.3) is 11.8 Å². The van der Waals surface area contributed by atoms with Crippen LogP contribution in [0.1, 0.15) is 49.5 Å². The summed E-state index contributed by atoms with van der Waals surface area (Å²) in [6, 6.07) is 16.6. The van der Waals surface area contributed by atoms with Gasteiger partial charge in [-0.2, -0.15) is 0 Å². The fourth-order valence-corrected chi connectivity index (χ4v) is 4.91. The number of aromatic nitrogens is 1. The Bertz CT molecular complexity index is 1080. The molecule has 1 unspecified atom stereocenters. The van der Waals surface area contributed by atoms with Gasteiger partial charge in [-0.25, -0.2) is 4.98 Å². The molecular formula is C24H25N3O3S. The number of hydrogen-bond acceptors (Lipinski definition) is 5. The quantitative estimate of drug-likeness (QED) is 0.629. The molecule has 1 aromatic heterocycles. The number of methoxy groups -OCH3 is 1. The lowest BCUT2D eigenvalue weighted by molar-refractivity contribution is 0.0707. The molecule has 2 heterocycles. The van der Waals surface area contributed by atoms with E-state index in [-0.39, 0.29) is 17.7 Å². The highest BCUT2D eigenvalue weighted by molar-refractivity contribution is 7.14. The van der Waals surface area contributed by atoms with Crippen LogP contribution in [0.3, 0.4) is 0 Å². The average Bonchev–Trinajstić information content (AvgIpc) is 3.21. The number of nitrogens with zero attached hydrogens (tertiary/aromatic N) is 2. The van der Waals surface area contributed by atoms with Gasteiger partial charge >= 0.3 is 0 Å². The molecule has 0 spiro atoms. The third-order valence-corrected chi connectivity index (χ3v) is 6.74. The first-order valence-electron chi connectivity index (χ1n) is 10.3. The second-order valence-electron chi connectivity index (χ2n) is 7.61.